The van der Waals surface area contributed by atoms with Crippen LogP contribution in [0, 0.1) is 18.7 Å². The fourth-order valence-electron chi connectivity index (χ4n) is 3.78. The van der Waals surface area contributed by atoms with E-state index in [4.69, 9.17) is 11.6 Å². The number of sulfonamides is 1. The summed E-state index contributed by atoms with van der Waals surface area (Å²) in [7, 11) is -2.09. The highest BCUT2D eigenvalue weighted by atomic mass is 35.5. The molecule has 1 aliphatic heterocycles. The molecule has 1 unspecified atom stereocenters. The quantitative estimate of drug-likeness (QED) is 0.671. The van der Waals surface area contributed by atoms with Gasteiger partial charge in [0.2, 0.25) is 10.0 Å². The highest BCUT2D eigenvalue weighted by Crippen LogP contribution is 2.29. The lowest BCUT2D eigenvalue weighted by atomic mass is 9.91. The topological polar surface area (TPSA) is 78.5 Å². The van der Waals surface area contributed by atoms with Crippen LogP contribution in [0.1, 0.15) is 35.7 Å². The van der Waals surface area contributed by atoms with Gasteiger partial charge < -0.3 is 10.2 Å². The molecular weight excluding hydrogens is 441 g/mol. The summed E-state index contributed by atoms with van der Waals surface area (Å²) in [5.41, 5.74) is 1.18. The number of nitrogens with zero attached hydrogens (tertiary/aromatic N) is 1. The molecule has 9 heteroatoms. The Labute approximate surface area is 187 Å². The molecule has 31 heavy (non-hydrogen) atoms. The van der Waals surface area contributed by atoms with Crippen LogP contribution in [0.15, 0.2) is 41.3 Å². The Bertz CT molecular complexity index is 1070. The number of amides is 1. The molecule has 0 spiro atoms. The fraction of sp³-hybridized carbons (Fsp3) is 0.409. The lowest BCUT2D eigenvalue weighted by molar-refractivity contribution is 0.102. The van der Waals surface area contributed by atoms with Gasteiger partial charge in [-0.05, 0) is 70.4 Å². The number of halogens is 2. The smallest absolute Gasteiger partial charge is 0.255 e. The van der Waals surface area contributed by atoms with Gasteiger partial charge >= 0.3 is 0 Å². The second-order valence-corrected chi connectivity index (χ2v) is 10.2. The number of carbonyl (C=O) groups excluding carboxylic acids is 1. The second-order valence-electron chi connectivity index (χ2n) is 8.08. The van der Waals surface area contributed by atoms with Crippen molar-refractivity contribution in [2.45, 2.75) is 37.6 Å². The van der Waals surface area contributed by atoms with Crippen LogP contribution in [0.25, 0.3) is 0 Å². The summed E-state index contributed by atoms with van der Waals surface area (Å²) in [6.07, 6.45) is 1.74. The maximum absolute atomic E-state index is 14.8. The number of rotatable bonds is 6. The molecular formula is C22H27ClFN3O3S. The van der Waals surface area contributed by atoms with Gasteiger partial charge in [-0.2, -0.15) is 0 Å². The van der Waals surface area contributed by atoms with E-state index in [1.54, 1.807) is 38.1 Å². The first kappa shape index (κ1) is 23.7. The first-order chi connectivity index (χ1) is 14.6. The Morgan fingerprint density at radius 1 is 1.23 bits per heavy atom. The zero-order valence-electron chi connectivity index (χ0n) is 17.8. The standard InChI is InChI=1S/C22H27ClFN3O3S/c1-14-6-4-5-7-17(14)22(28)25-20-13-19(24)21(12-18(20)23)31(29,30)26-15(2)16-8-10-27(3)11-9-16/h4-7,12-13,15-16,26H,8-11H2,1-3H3,(H,25,28). The Morgan fingerprint density at radius 2 is 1.87 bits per heavy atom. The zero-order chi connectivity index (χ0) is 22.8. The SMILES string of the molecule is Cc1ccccc1C(=O)Nc1cc(F)c(S(=O)(=O)NC(C)C2CCN(C)CC2)cc1Cl. The van der Waals surface area contributed by atoms with Crippen LogP contribution in [0.4, 0.5) is 10.1 Å². The van der Waals surface area contributed by atoms with Crippen molar-refractivity contribution in [2.75, 3.05) is 25.5 Å². The van der Waals surface area contributed by atoms with Crippen LogP contribution in [0.5, 0.6) is 0 Å². The molecule has 1 saturated heterocycles. The number of piperidine rings is 1. The van der Waals surface area contributed by atoms with Crippen LogP contribution >= 0.6 is 11.6 Å². The number of hydrogen-bond donors (Lipinski definition) is 2. The highest BCUT2D eigenvalue weighted by molar-refractivity contribution is 7.89. The molecule has 0 aromatic heterocycles. The summed E-state index contributed by atoms with van der Waals surface area (Å²) in [4.78, 5) is 14.2. The van der Waals surface area contributed by atoms with E-state index >= 15 is 0 Å². The van der Waals surface area contributed by atoms with E-state index in [1.165, 1.54) is 0 Å². The van der Waals surface area contributed by atoms with E-state index in [-0.39, 0.29) is 22.7 Å². The predicted molar refractivity (Wildman–Crippen MR) is 121 cm³/mol. The van der Waals surface area contributed by atoms with Crippen LogP contribution in [-0.4, -0.2) is 45.4 Å². The third kappa shape index (κ3) is 5.63. The molecule has 0 radical (unpaired) electrons. The van der Waals surface area contributed by atoms with Crippen molar-refractivity contribution in [2.24, 2.45) is 5.92 Å². The molecule has 2 N–H and O–H groups in total. The largest absolute Gasteiger partial charge is 0.321 e. The molecule has 0 aliphatic carbocycles. The summed E-state index contributed by atoms with van der Waals surface area (Å²) in [5, 5.41) is 2.49. The van der Waals surface area contributed by atoms with E-state index in [2.05, 4.69) is 14.9 Å². The third-order valence-electron chi connectivity index (χ3n) is 5.76. The molecule has 1 heterocycles. The van der Waals surface area contributed by atoms with E-state index in [0.717, 1.165) is 43.6 Å². The van der Waals surface area contributed by atoms with Gasteiger partial charge in [-0.25, -0.2) is 17.5 Å². The summed E-state index contributed by atoms with van der Waals surface area (Å²) in [5.74, 6) is -1.26. The Kier molecular flexibility index (Phi) is 7.36. The van der Waals surface area contributed by atoms with Crippen molar-refractivity contribution in [1.29, 1.82) is 0 Å². The zero-order valence-corrected chi connectivity index (χ0v) is 19.4. The molecule has 1 atom stereocenters. The van der Waals surface area contributed by atoms with Gasteiger partial charge in [0.1, 0.15) is 10.7 Å². The van der Waals surface area contributed by atoms with Crippen LogP contribution in [-0.2, 0) is 10.0 Å². The Morgan fingerprint density at radius 3 is 2.52 bits per heavy atom. The normalized spacial score (nSPS) is 16.8. The number of nitrogens with one attached hydrogen (secondary N) is 2. The van der Waals surface area contributed by atoms with Gasteiger partial charge in [0.25, 0.3) is 5.91 Å². The van der Waals surface area contributed by atoms with Crippen molar-refractivity contribution >= 4 is 33.2 Å². The molecule has 6 nitrogen and oxygen atoms in total. The number of hydrogen-bond acceptors (Lipinski definition) is 4. The van der Waals surface area contributed by atoms with Gasteiger partial charge in [-0.3, -0.25) is 4.79 Å². The molecule has 3 rings (SSSR count). The monoisotopic (exact) mass is 467 g/mol. The molecule has 168 valence electrons. The minimum absolute atomic E-state index is 0.00901. The minimum Gasteiger partial charge on any atom is -0.321 e. The summed E-state index contributed by atoms with van der Waals surface area (Å²) >= 11 is 6.20. The van der Waals surface area contributed by atoms with Crippen LogP contribution < -0.4 is 10.0 Å². The Balaban J connectivity index is 1.77. The molecule has 0 saturated carbocycles. The molecule has 2 aromatic rings. The number of likely N-dealkylation sites (tertiary alicyclic amines) is 1. The lowest BCUT2D eigenvalue weighted by Crippen LogP contribution is -2.43. The summed E-state index contributed by atoms with van der Waals surface area (Å²) < 4.78 is 43.0. The van der Waals surface area contributed by atoms with Gasteiger partial charge in [-0.1, -0.05) is 29.8 Å². The predicted octanol–water partition coefficient (Wildman–Crippen LogP) is 4.05. The maximum Gasteiger partial charge on any atom is 0.255 e. The van der Waals surface area contributed by atoms with Crippen molar-refractivity contribution in [3.63, 3.8) is 0 Å². The maximum atomic E-state index is 14.8. The third-order valence-corrected chi connectivity index (χ3v) is 7.65. The lowest BCUT2D eigenvalue weighted by Gasteiger charge is -2.32. The average Bonchev–Trinajstić information content (AvgIpc) is 2.70. The average molecular weight is 468 g/mol. The van der Waals surface area contributed by atoms with E-state index in [1.807, 2.05) is 7.05 Å². The number of aryl methyl sites for hydroxylation is 1. The minimum atomic E-state index is -4.12. The first-order valence-electron chi connectivity index (χ1n) is 10.2. The van der Waals surface area contributed by atoms with Gasteiger partial charge in [0.15, 0.2) is 0 Å². The van der Waals surface area contributed by atoms with Crippen LogP contribution in [0.3, 0.4) is 0 Å². The number of benzene rings is 2. The van der Waals surface area contributed by atoms with Crippen molar-refractivity contribution in [3.8, 4) is 0 Å². The second kappa shape index (κ2) is 9.65. The van der Waals surface area contributed by atoms with Crippen molar-refractivity contribution < 1.29 is 17.6 Å². The Hall–Kier alpha value is -2.00. The number of carbonyl (C=O) groups is 1. The van der Waals surface area contributed by atoms with E-state index < -0.39 is 26.6 Å². The molecule has 2 aromatic carbocycles. The fourth-order valence-corrected chi connectivity index (χ4v) is 5.45. The molecule has 1 amide bonds. The molecule has 1 aliphatic rings. The van der Waals surface area contributed by atoms with Crippen LogP contribution in [0.2, 0.25) is 5.02 Å². The summed E-state index contributed by atoms with van der Waals surface area (Å²) in [6, 6.07) is 8.58. The van der Waals surface area contributed by atoms with E-state index in [0.29, 0.717) is 5.56 Å². The molecule has 0 bridgehead atoms. The highest BCUT2D eigenvalue weighted by Gasteiger charge is 2.29. The molecule has 1 fully saturated rings. The van der Waals surface area contributed by atoms with Gasteiger partial charge in [-0.15, -0.1) is 0 Å². The van der Waals surface area contributed by atoms with Crippen molar-refractivity contribution in [1.82, 2.24) is 9.62 Å². The van der Waals surface area contributed by atoms with Crippen molar-refractivity contribution in [3.05, 3.63) is 58.4 Å². The number of anilines is 1. The summed E-state index contributed by atoms with van der Waals surface area (Å²) in [6.45, 7) is 5.37. The van der Waals surface area contributed by atoms with Gasteiger partial charge in [0.05, 0.1) is 10.7 Å². The van der Waals surface area contributed by atoms with E-state index in [9.17, 15) is 17.6 Å². The van der Waals surface area contributed by atoms with Gasteiger partial charge in [0, 0.05) is 17.7 Å². The first-order valence-corrected chi connectivity index (χ1v) is 12.0.